The lowest BCUT2D eigenvalue weighted by molar-refractivity contribution is -0.237. The van der Waals surface area contributed by atoms with Gasteiger partial charge in [0.25, 0.3) is 0 Å². The highest BCUT2D eigenvalue weighted by atomic mass is 28.3. The van der Waals surface area contributed by atoms with Crippen LogP contribution in [0.5, 0.6) is 0 Å². The van der Waals surface area contributed by atoms with E-state index in [0.29, 0.717) is 11.7 Å². The number of hydrogen-bond donors (Lipinski definition) is 0. The van der Waals surface area contributed by atoms with E-state index in [-0.39, 0.29) is 6.61 Å². The summed E-state index contributed by atoms with van der Waals surface area (Å²) in [6.07, 6.45) is 0.488. The molecule has 0 aromatic heterocycles. The smallest absolute Gasteiger partial charge is 0.373 e. The molecule has 0 amide bonds. The van der Waals surface area contributed by atoms with Gasteiger partial charge in [0.05, 0.1) is 12.2 Å². The zero-order valence-corrected chi connectivity index (χ0v) is 14.8. The second kappa shape index (κ2) is 8.88. The SMILES string of the molecule is C=C[Si](CC)(CC)c1ccc(C(=O)OO[C](C)COC)cc1. The Morgan fingerprint density at radius 2 is 1.77 bits per heavy atom. The van der Waals surface area contributed by atoms with Gasteiger partial charge in [0.15, 0.2) is 6.10 Å². The first-order valence-electron chi connectivity index (χ1n) is 7.47. The number of rotatable bonds is 9. The van der Waals surface area contributed by atoms with E-state index in [2.05, 4.69) is 26.1 Å². The summed E-state index contributed by atoms with van der Waals surface area (Å²) in [5, 5.41) is 1.28. The number of ether oxygens (including phenoxy) is 1. The second-order valence-corrected chi connectivity index (χ2v) is 9.95. The molecule has 0 saturated heterocycles. The molecule has 0 saturated carbocycles. The molecule has 1 rings (SSSR count). The summed E-state index contributed by atoms with van der Waals surface area (Å²) in [5.74, 6) is -0.513. The monoisotopic (exact) mass is 321 g/mol. The Kier molecular flexibility index (Phi) is 7.51. The van der Waals surface area contributed by atoms with Crippen LogP contribution in [0.15, 0.2) is 36.5 Å². The van der Waals surface area contributed by atoms with Gasteiger partial charge >= 0.3 is 5.97 Å². The number of carbonyl (C=O) groups is 1. The van der Waals surface area contributed by atoms with Gasteiger partial charge in [-0.2, -0.15) is 4.89 Å². The minimum absolute atomic E-state index is 0.284. The van der Waals surface area contributed by atoms with Gasteiger partial charge < -0.3 is 4.74 Å². The van der Waals surface area contributed by atoms with Crippen LogP contribution in [0.2, 0.25) is 12.1 Å². The number of methoxy groups -OCH3 is 1. The molecule has 4 nitrogen and oxygen atoms in total. The molecule has 1 radical (unpaired) electrons. The zero-order chi connectivity index (χ0) is 16.6. The lowest BCUT2D eigenvalue weighted by Gasteiger charge is -2.25. The Morgan fingerprint density at radius 1 is 1.18 bits per heavy atom. The van der Waals surface area contributed by atoms with Crippen LogP contribution in [-0.2, 0) is 14.5 Å². The Morgan fingerprint density at radius 3 is 2.23 bits per heavy atom. The predicted octanol–water partition coefficient (Wildman–Crippen LogP) is 3.39. The molecule has 121 valence electrons. The topological polar surface area (TPSA) is 44.8 Å². The third kappa shape index (κ3) is 4.53. The fourth-order valence-corrected chi connectivity index (χ4v) is 5.35. The Balaban J connectivity index is 2.76. The molecule has 0 unspecified atom stereocenters. The molecule has 0 heterocycles. The molecule has 22 heavy (non-hydrogen) atoms. The molecule has 0 aliphatic rings. The van der Waals surface area contributed by atoms with Crippen molar-refractivity contribution in [2.45, 2.75) is 32.9 Å². The van der Waals surface area contributed by atoms with Crippen molar-refractivity contribution in [1.29, 1.82) is 0 Å². The fourth-order valence-electron chi connectivity index (χ4n) is 2.39. The zero-order valence-electron chi connectivity index (χ0n) is 13.8. The first kappa shape index (κ1) is 18.6. The van der Waals surface area contributed by atoms with Gasteiger partial charge in [-0.05, 0) is 19.1 Å². The van der Waals surface area contributed by atoms with E-state index in [4.69, 9.17) is 14.5 Å². The summed E-state index contributed by atoms with van der Waals surface area (Å²) < 4.78 is 4.87. The average Bonchev–Trinajstić information content (AvgIpc) is 2.56. The van der Waals surface area contributed by atoms with E-state index < -0.39 is 14.0 Å². The third-order valence-corrected chi connectivity index (χ3v) is 8.74. The van der Waals surface area contributed by atoms with Crippen molar-refractivity contribution in [3.05, 3.63) is 48.2 Å². The van der Waals surface area contributed by atoms with Gasteiger partial charge in [-0.1, -0.05) is 49.0 Å². The van der Waals surface area contributed by atoms with Crippen LogP contribution in [0.1, 0.15) is 31.1 Å². The Labute approximate surface area is 134 Å². The van der Waals surface area contributed by atoms with Gasteiger partial charge in [-0.3, -0.25) is 4.89 Å². The standard InChI is InChI=1S/C17H25O4Si/c1-6-22(7-2,8-3)16-11-9-15(10-12-16)17(18)21-20-14(4)13-19-5/h6,9-12H,1,7-8,13H2,2-5H3. The number of benzene rings is 1. The summed E-state index contributed by atoms with van der Waals surface area (Å²) in [6, 6.07) is 9.77. The second-order valence-electron chi connectivity index (χ2n) is 5.23. The van der Waals surface area contributed by atoms with E-state index in [1.807, 2.05) is 12.1 Å². The molecule has 0 aliphatic heterocycles. The van der Waals surface area contributed by atoms with Crippen LogP contribution in [-0.4, -0.2) is 27.8 Å². The van der Waals surface area contributed by atoms with E-state index in [1.54, 1.807) is 26.2 Å². The van der Waals surface area contributed by atoms with Gasteiger partial charge in [-0.25, -0.2) is 4.79 Å². The van der Waals surface area contributed by atoms with E-state index in [0.717, 1.165) is 12.1 Å². The molecule has 0 N–H and O–H groups in total. The van der Waals surface area contributed by atoms with Crippen molar-refractivity contribution in [2.24, 2.45) is 0 Å². The van der Waals surface area contributed by atoms with Crippen LogP contribution >= 0.6 is 0 Å². The van der Waals surface area contributed by atoms with Crippen LogP contribution in [0.4, 0.5) is 0 Å². The maximum absolute atomic E-state index is 11.9. The van der Waals surface area contributed by atoms with Crippen molar-refractivity contribution >= 4 is 19.2 Å². The van der Waals surface area contributed by atoms with E-state index in [1.165, 1.54) is 5.19 Å². The van der Waals surface area contributed by atoms with Crippen LogP contribution in [0.3, 0.4) is 0 Å². The number of hydrogen-bond acceptors (Lipinski definition) is 4. The largest absolute Gasteiger partial charge is 0.381 e. The normalized spacial score (nSPS) is 11.5. The summed E-state index contributed by atoms with van der Waals surface area (Å²) in [4.78, 5) is 21.6. The van der Waals surface area contributed by atoms with Gasteiger partial charge in [-0.15, -0.1) is 6.58 Å². The van der Waals surface area contributed by atoms with Crippen LogP contribution < -0.4 is 5.19 Å². The third-order valence-electron chi connectivity index (χ3n) is 3.96. The highest BCUT2D eigenvalue weighted by Gasteiger charge is 2.27. The Hall–Kier alpha value is -1.43. The highest BCUT2D eigenvalue weighted by Crippen LogP contribution is 2.17. The lowest BCUT2D eigenvalue weighted by atomic mass is 10.2. The summed E-state index contributed by atoms with van der Waals surface area (Å²) in [7, 11) is -0.0922. The predicted molar refractivity (Wildman–Crippen MR) is 90.3 cm³/mol. The fraction of sp³-hybridized carbons (Fsp3) is 0.412. The van der Waals surface area contributed by atoms with E-state index >= 15 is 0 Å². The van der Waals surface area contributed by atoms with Crippen LogP contribution in [0.25, 0.3) is 0 Å². The van der Waals surface area contributed by atoms with Crippen molar-refractivity contribution < 1.29 is 19.3 Å². The molecule has 1 aromatic rings. The molecule has 0 spiro atoms. The number of carbonyl (C=O) groups excluding carboxylic acids is 1. The first-order valence-corrected chi connectivity index (χ1v) is 9.96. The molecule has 0 aliphatic carbocycles. The van der Waals surface area contributed by atoms with Crippen molar-refractivity contribution in [1.82, 2.24) is 0 Å². The first-order chi connectivity index (χ1) is 10.5. The highest BCUT2D eigenvalue weighted by molar-refractivity contribution is 6.95. The van der Waals surface area contributed by atoms with Gasteiger partial charge in [0.1, 0.15) is 8.07 Å². The minimum atomic E-state index is -1.64. The Bertz CT molecular complexity index is 480. The van der Waals surface area contributed by atoms with Crippen molar-refractivity contribution in [3.63, 3.8) is 0 Å². The molecule has 0 atom stereocenters. The van der Waals surface area contributed by atoms with Crippen molar-refractivity contribution in [3.8, 4) is 0 Å². The summed E-state index contributed by atoms with van der Waals surface area (Å²) in [6.45, 7) is 10.4. The molecule has 0 fully saturated rings. The van der Waals surface area contributed by atoms with Gasteiger partial charge in [0.2, 0.25) is 0 Å². The van der Waals surface area contributed by atoms with Crippen molar-refractivity contribution in [2.75, 3.05) is 13.7 Å². The average molecular weight is 321 g/mol. The van der Waals surface area contributed by atoms with Gasteiger partial charge in [0, 0.05) is 7.11 Å². The van der Waals surface area contributed by atoms with E-state index in [9.17, 15) is 4.79 Å². The van der Waals surface area contributed by atoms with Crippen LogP contribution in [0, 0.1) is 6.10 Å². The lowest BCUT2D eigenvalue weighted by Crippen LogP contribution is -2.44. The molecule has 5 heteroatoms. The maximum atomic E-state index is 11.9. The summed E-state index contributed by atoms with van der Waals surface area (Å²) >= 11 is 0. The summed E-state index contributed by atoms with van der Waals surface area (Å²) in [5.41, 5.74) is 2.58. The molecule has 1 aromatic carbocycles. The molecule has 0 bridgehead atoms. The minimum Gasteiger partial charge on any atom is -0.381 e. The molecular formula is C17H25O4Si. The quantitative estimate of drug-likeness (QED) is 0.397. The molecular weight excluding hydrogens is 296 g/mol. The maximum Gasteiger partial charge on any atom is 0.373 e.